The molecule has 0 saturated heterocycles. The van der Waals surface area contributed by atoms with Gasteiger partial charge in [0.05, 0.1) is 11.4 Å². The molecular formula is C13H19N5OS2. The SMILES string of the molecule is Cc1nnc(NC(=O)CSc2nc(CC(C)C)c(C)[nH]2)s1. The molecule has 0 fully saturated rings. The molecule has 6 nitrogen and oxygen atoms in total. The molecule has 0 unspecified atom stereocenters. The standard InChI is InChI=1S/C13H19N5OS2/c1-7(2)5-10-8(3)14-12(15-10)20-6-11(19)16-13-18-17-9(4)21-13/h7H,5-6H2,1-4H3,(H,14,15)(H,16,18,19). The summed E-state index contributed by atoms with van der Waals surface area (Å²) < 4.78 is 0. The van der Waals surface area contributed by atoms with Crippen molar-refractivity contribution >= 4 is 34.1 Å². The van der Waals surface area contributed by atoms with E-state index in [1.54, 1.807) is 0 Å². The Bertz CT molecular complexity index is 620. The molecule has 21 heavy (non-hydrogen) atoms. The van der Waals surface area contributed by atoms with Gasteiger partial charge in [0.15, 0.2) is 5.16 Å². The van der Waals surface area contributed by atoms with Gasteiger partial charge in [-0.25, -0.2) is 4.98 Å². The van der Waals surface area contributed by atoms with Crippen LogP contribution in [0.5, 0.6) is 0 Å². The van der Waals surface area contributed by atoms with Gasteiger partial charge < -0.3 is 4.98 Å². The molecule has 0 bridgehead atoms. The number of nitrogens with zero attached hydrogens (tertiary/aromatic N) is 3. The van der Waals surface area contributed by atoms with E-state index in [0.29, 0.717) is 16.8 Å². The molecule has 0 aliphatic heterocycles. The highest BCUT2D eigenvalue weighted by atomic mass is 32.2. The monoisotopic (exact) mass is 325 g/mol. The van der Waals surface area contributed by atoms with Gasteiger partial charge in [0, 0.05) is 5.69 Å². The second kappa shape index (κ2) is 7.04. The predicted octanol–water partition coefficient (Wildman–Crippen LogP) is 2.81. The van der Waals surface area contributed by atoms with Gasteiger partial charge in [0.1, 0.15) is 5.01 Å². The van der Waals surface area contributed by atoms with Gasteiger partial charge in [-0.1, -0.05) is 36.9 Å². The molecule has 114 valence electrons. The maximum absolute atomic E-state index is 11.8. The zero-order valence-corrected chi connectivity index (χ0v) is 14.2. The van der Waals surface area contributed by atoms with Crippen LogP contribution < -0.4 is 5.32 Å². The van der Waals surface area contributed by atoms with Crippen molar-refractivity contribution in [3.05, 3.63) is 16.4 Å². The molecule has 0 radical (unpaired) electrons. The Hall–Kier alpha value is -1.41. The molecule has 0 aromatic carbocycles. The fourth-order valence-corrected chi connectivity index (χ4v) is 3.11. The van der Waals surface area contributed by atoms with Crippen LogP contribution in [-0.2, 0) is 11.2 Å². The number of rotatable bonds is 6. The largest absolute Gasteiger partial charge is 0.337 e. The van der Waals surface area contributed by atoms with Gasteiger partial charge in [-0.05, 0) is 26.2 Å². The first-order valence-electron chi connectivity index (χ1n) is 6.72. The summed E-state index contributed by atoms with van der Waals surface area (Å²) in [7, 11) is 0. The fourth-order valence-electron chi connectivity index (χ4n) is 1.76. The molecule has 0 aliphatic rings. The fraction of sp³-hybridized carbons (Fsp3) is 0.538. The van der Waals surface area contributed by atoms with E-state index in [2.05, 4.69) is 39.3 Å². The van der Waals surface area contributed by atoms with E-state index in [1.807, 2.05) is 13.8 Å². The summed E-state index contributed by atoms with van der Waals surface area (Å²) >= 11 is 2.76. The van der Waals surface area contributed by atoms with Crippen LogP contribution in [0.1, 0.15) is 30.2 Å². The highest BCUT2D eigenvalue weighted by Crippen LogP contribution is 2.20. The molecule has 2 N–H and O–H groups in total. The number of carbonyl (C=O) groups excluding carboxylic acids is 1. The number of anilines is 1. The van der Waals surface area contributed by atoms with Gasteiger partial charge in [0.2, 0.25) is 11.0 Å². The molecule has 1 amide bonds. The number of hydrogen-bond acceptors (Lipinski definition) is 6. The normalized spacial score (nSPS) is 11.1. The lowest BCUT2D eigenvalue weighted by Gasteiger charge is -2.01. The van der Waals surface area contributed by atoms with Crippen molar-refractivity contribution in [1.29, 1.82) is 0 Å². The van der Waals surface area contributed by atoms with E-state index in [9.17, 15) is 4.79 Å². The summed E-state index contributed by atoms with van der Waals surface area (Å²) in [6.07, 6.45) is 0.944. The van der Waals surface area contributed by atoms with Crippen LogP contribution in [-0.4, -0.2) is 31.8 Å². The van der Waals surface area contributed by atoms with Crippen molar-refractivity contribution in [2.75, 3.05) is 11.1 Å². The van der Waals surface area contributed by atoms with Crippen LogP contribution in [0.3, 0.4) is 0 Å². The molecule has 0 aliphatic carbocycles. The van der Waals surface area contributed by atoms with Crippen molar-refractivity contribution in [3.8, 4) is 0 Å². The first kappa shape index (κ1) is 16.0. The number of aryl methyl sites for hydroxylation is 2. The van der Waals surface area contributed by atoms with Gasteiger partial charge in [-0.2, -0.15) is 0 Å². The molecule has 0 atom stereocenters. The van der Waals surface area contributed by atoms with Crippen LogP contribution in [0.15, 0.2) is 5.16 Å². The van der Waals surface area contributed by atoms with E-state index < -0.39 is 0 Å². The Balaban J connectivity index is 1.86. The summed E-state index contributed by atoms with van der Waals surface area (Å²) in [5, 5.41) is 12.6. The van der Waals surface area contributed by atoms with E-state index in [1.165, 1.54) is 23.1 Å². The summed E-state index contributed by atoms with van der Waals surface area (Å²) in [5.41, 5.74) is 2.15. The van der Waals surface area contributed by atoms with Crippen molar-refractivity contribution in [2.24, 2.45) is 5.92 Å². The van der Waals surface area contributed by atoms with E-state index in [0.717, 1.165) is 28.0 Å². The number of H-pyrrole nitrogens is 1. The molecule has 0 spiro atoms. The quantitative estimate of drug-likeness (QED) is 0.798. The number of nitrogens with one attached hydrogen (secondary N) is 2. The molecular weight excluding hydrogens is 306 g/mol. The zero-order chi connectivity index (χ0) is 15.4. The topological polar surface area (TPSA) is 83.6 Å². The van der Waals surface area contributed by atoms with Crippen molar-refractivity contribution in [1.82, 2.24) is 20.2 Å². The summed E-state index contributed by atoms with van der Waals surface area (Å²) in [6.45, 7) is 8.19. The number of aromatic amines is 1. The van der Waals surface area contributed by atoms with E-state index in [4.69, 9.17) is 0 Å². The number of imidazole rings is 1. The van der Waals surface area contributed by atoms with Crippen molar-refractivity contribution in [3.63, 3.8) is 0 Å². The molecule has 2 heterocycles. The average molecular weight is 325 g/mol. The van der Waals surface area contributed by atoms with Crippen LogP contribution in [0, 0.1) is 19.8 Å². The summed E-state index contributed by atoms with van der Waals surface area (Å²) in [6, 6.07) is 0. The Morgan fingerprint density at radius 3 is 2.76 bits per heavy atom. The second-order valence-corrected chi connectivity index (χ2v) is 7.32. The number of hydrogen-bond donors (Lipinski definition) is 2. The number of thioether (sulfide) groups is 1. The van der Waals surface area contributed by atoms with E-state index in [-0.39, 0.29) is 5.91 Å². The van der Waals surface area contributed by atoms with Crippen molar-refractivity contribution in [2.45, 2.75) is 39.3 Å². The van der Waals surface area contributed by atoms with Crippen LogP contribution in [0.25, 0.3) is 0 Å². The molecule has 2 aromatic rings. The van der Waals surface area contributed by atoms with Crippen molar-refractivity contribution < 1.29 is 4.79 Å². The lowest BCUT2D eigenvalue weighted by molar-refractivity contribution is -0.113. The van der Waals surface area contributed by atoms with Gasteiger partial charge >= 0.3 is 0 Å². The molecule has 0 saturated carbocycles. The second-order valence-electron chi connectivity index (χ2n) is 5.17. The lowest BCUT2D eigenvalue weighted by atomic mass is 10.1. The Kier molecular flexibility index (Phi) is 5.35. The van der Waals surface area contributed by atoms with Gasteiger partial charge in [0.25, 0.3) is 0 Å². The third kappa shape index (κ3) is 4.82. The third-order valence-electron chi connectivity index (χ3n) is 2.68. The Morgan fingerprint density at radius 1 is 1.38 bits per heavy atom. The minimum absolute atomic E-state index is 0.101. The third-order valence-corrected chi connectivity index (χ3v) is 4.31. The number of carbonyl (C=O) groups is 1. The van der Waals surface area contributed by atoms with Gasteiger partial charge in [-0.15, -0.1) is 10.2 Å². The molecule has 8 heteroatoms. The number of amides is 1. The highest BCUT2D eigenvalue weighted by molar-refractivity contribution is 7.99. The summed E-state index contributed by atoms with van der Waals surface area (Å²) in [4.78, 5) is 19.6. The predicted molar refractivity (Wildman–Crippen MR) is 85.9 cm³/mol. The minimum Gasteiger partial charge on any atom is -0.337 e. The van der Waals surface area contributed by atoms with Crippen LogP contribution in [0.2, 0.25) is 0 Å². The molecule has 2 rings (SSSR count). The minimum atomic E-state index is -0.101. The van der Waals surface area contributed by atoms with Crippen LogP contribution in [0.4, 0.5) is 5.13 Å². The maximum Gasteiger partial charge on any atom is 0.236 e. The average Bonchev–Trinajstić information content (AvgIpc) is 2.94. The first-order valence-corrected chi connectivity index (χ1v) is 8.52. The Labute approximate surface area is 132 Å². The smallest absolute Gasteiger partial charge is 0.236 e. The zero-order valence-electron chi connectivity index (χ0n) is 12.6. The highest BCUT2D eigenvalue weighted by Gasteiger charge is 2.11. The first-order chi connectivity index (χ1) is 9.94. The lowest BCUT2D eigenvalue weighted by Crippen LogP contribution is -2.13. The summed E-state index contributed by atoms with van der Waals surface area (Å²) in [5.74, 6) is 0.761. The van der Waals surface area contributed by atoms with E-state index >= 15 is 0 Å². The van der Waals surface area contributed by atoms with Crippen LogP contribution >= 0.6 is 23.1 Å². The molecule has 2 aromatic heterocycles. The van der Waals surface area contributed by atoms with Gasteiger partial charge in [-0.3, -0.25) is 10.1 Å². The number of aromatic nitrogens is 4. The Morgan fingerprint density at radius 2 is 2.14 bits per heavy atom. The maximum atomic E-state index is 11.8.